The number of nitriles is 1. The van der Waals surface area contributed by atoms with E-state index in [9.17, 15) is 5.26 Å². The standard InChI is InChI=1S/C24H16BrCl2NO4/c1-29-23-8-14(6-17(11-28)15-3-5-21-22(9-15)32-13-31-21)7-19(25)24(23)30-12-16-2-4-18(26)10-20(16)27/h2-10H,12-13H2,1H3/b17-6-. The number of nitrogens with zero attached hydrogens (tertiary/aromatic N) is 1. The van der Waals surface area contributed by atoms with Gasteiger partial charge in [0.15, 0.2) is 23.0 Å². The Hall–Kier alpha value is -2.85. The first kappa shape index (κ1) is 22.3. The van der Waals surface area contributed by atoms with Crippen molar-refractivity contribution < 1.29 is 18.9 Å². The first-order chi connectivity index (χ1) is 15.5. The molecule has 3 aromatic rings. The van der Waals surface area contributed by atoms with Crippen molar-refractivity contribution in [2.24, 2.45) is 0 Å². The third kappa shape index (κ3) is 4.81. The number of rotatable bonds is 6. The molecule has 1 heterocycles. The zero-order valence-electron chi connectivity index (χ0n) is 16.8. The lowest BCUT2D eigenvalue weighted by Crippen LogP contribution is -2.00. The summed E-state index contributed by atoms with van der Waals surface area (Å²) in [6, 6.07) is 16.5. The molecule has 1 aliphatic heterocycles. The van der Waals surface area contributed by atoms with Crippen LogP contribution >= 0.6 is 39.1 Å². The fraction of sp³-hybridized carbons (Fsp3) is 0.125. The molecule has 0 unspecified atom stereocenters. The third-order valence-electron chi connectivity index (χ3n) is 4.75. The Balaban J connectivity index is 1.61. The molecule has 0 aliphatic carbocycles. The molecule has 8 heteroatoms. The van der Waals surface area contributed by atoms with Crippen molar-refractivity contribution >= 4 is 50.8 Å². The SMILES string of the molecule is COc1cc(/C=C(/C#N)c2ccc3c(c2)OCO3)cc(Br)c1OCc1ccc(Cl)cc1Cl. The highest BCUT2D eigenvalue weighted by Gasteiger charge is 2.16. The van der Waals surface area contributed by atoms with Gasteiger partial charge in [-0.05, 0) is 75.6 Å². The van der Waals surface area contributed by atoms with Crippen LogP contribution < -0.4 is 18.9 Å². The molecule has 0 bridgehead atoms. The molecule has 32 heavy (non-hydrogen) atoms. The van der Waals surface area contributed by atoms with Gasteiger partial charge in [-0.2, -0.15) is 5.26 Å². The Morgan fingerprint density at radius 2 is 1.94 bits per heavy atom. The lowest BCUT2D eigenvalue weighted by atomic mass is 10.0. The fourth-order valence-corrected chi connectivity index (χ4v) is 4.20. The van der Waals surface area contributed by atoms with Gasteiger partial charge >= 0.3 is 0 Å². The average Bonchev–Trinajstić information content (AvgIpc) is 3.25. The van der Waals surface area contributed by atoms with Gasteiger partial charge in [0.25, 0.3) is 0 Å². The minimum absolute atomic E-state index is 0.178. The summed E-state index contributed by atoms with van der Waals surface area (Å²) < 4.78 is 22.9. The summed E-state index contributed by atoms with van der Waals surface area (Å²) in [7, 11) is 1.56. The Kier molecular flexibility index (Phi) is 6.80. The number of hydrogen-bond acceptors (Lipinski definition) is 5. The summed E-state index contributed by atoms with van der Waals surface area (Å²) in [5.74, 6) is 2.32. The highest BCUT2D eigenvalue weighted by Crippen LogP contribution is 2.39. The normalized spacial score (nSPS) is 12.4. The van der Waals surface area contributed by atoms with Gasteiger partial charge in [-0.15, -0.1) is 0 Å². The van der Waals surface area contributed by atoms with Crippen molar-refractivity contribution in [2.45, 2.75) is 6.61 Å². The van der Waals surface area contributed by atoms with Crippen LogP contribution in [-0.2, 0) is 6.61 Å². The van der Waals surface area contributed by atoms with E-state index in [-0.39, 0.29) is 13.4 Å². The van der Waals surface area contributed by atoms with E-state index in [0.717, 1.165) is 16.7 Å². The van der Waals surface area contributed by atoms with Gasteiger partial charge in [0, 0.05) is 15.6 Å². The Labute approximate surface area is 203 Å². The molecule has 5 nitrogen and oxygen atoms in total. The van der Waals surface area contributed by atoms with E-state index < -0.39 is 0 Å². The second kappa shape index (κ2) is 9.74. The molecule has 0 saturated carbocycles. The molecule has 0 fully saturated rings. The number of methoxy groups -OCH3 is 1. The van der Waals surface area contributed by atoms with Crippen LogP contribution in [0.2, 0.25) is 10.0 Å². The van der Waals surface area contributed by atoms with Crippen LogP contribution in [0, 0.1) is 11.3 Å². The van der Waals surface area contributed by atoms with E-state index in [4.69, 9.17) is 42.1 Å². The molecule has 0 radical (unpaired) electrons. The lowest BCUT2D eigenvalue weighted by molar-refractivity contribution is 0.174. The predicted molar refractivity (Wildman–Crippen MR) is 128 cm³/mol. The highest BCUT2D eigenvalue weighted by molar-refractivity contribution is 9.10. The maximum Gasteiger partial charge on any atom is 0.231 e. The van der Waals surface area contributed by atoms with Crippen LogP contribution in [0.25, 0.3) is 11.6 Å². The first-order valence-corrected chi connectivity index (χ1v) is 11.0. The second-order valence-corrected chi connectivity index (χ2v) is 8.49. The van der Waals surface area contributed by atoms with E-state index in [1.165, 1.54) is 0 Å². The van der Waals surface area contributed by atoms with Gasteiger partial charge in [0.1, 0.15) is 6.61 Å². The number of halogens is 3. The van der Waals surface area contributed by atoms with E-state index >= 15 is 0 Å². The molecule has 0 saturated heterocycles. The van der Waals surface area contributed by atoms with Crippen LogP contribution in [0.4, 0.5) is 0 Å². The van der Waals surface area contributed by atoms with Crippen molar-refractivity contribution in [1.82, 2.24) is 0 Å². The molecule has 4 rings (SSSR count). The topological polar surface area (TPSA) is 60.7 Å². The maximum atomic E-state index is 9.72. The number of ether oxygens (including phenoxy) is 4. The molecular weight excluding hydrogens is 517 g/mol. The van der Waals surface area contributed by atoms with Gasteiger partial charge in [-0.3, -0.25) is 0 Å². The summed E-state index contributed by atoms with van der Waals surface area (Å²) in [5, 5.41) is 10.8. The summed E-state index contributed by atoms with van der Waals surface area (Å²) in [6.07, 6.45) is 1.77. The van der Waals surface area contributed by atoms with Gasteiger partial charge < -0.3 is 18.9 Å². The summed E-state index contributed by atoms with van der Waals surface area (Å²) in [6.45, 7) is 0.415. The van der Waals surface area contributed by atoms with Crippen molar-refractivity contribution in [1.29, 1.82) is 5.26 Å². The monoisotopic (exact) mass is 531 g/mol. The van der Waals surface area contributed by atoms with Crippen molar-refractivity contribution in [3.8, 4) is 29.1 Å². The van der Waals surface area contributed by atoms with Crippen LogP contribution in [0.15, 0.2) is 53.0 Å². The van der Waals surface area contributed by atoms with Crippen molar-refractivity contribution in [3.05, 3.63) is 79.7 Å². The van der Waals surface area contributed by atoms with Crippen LogP contribution in [-0.4, -0.2) is 13.9 Å². The predicted octanol–water partition coefficient (Wildman–Crippen LogP) is 7.14. The molecule has 162 valence electrons. The average molecular weight is 533 g/mol. The number of hydrogen-bond donors (Lipinski definition) is 0. The van der Waals surface area contributed by atoms with Gasteiger partial charge in [0.05, 0.1) is 23.2 Å². The molecule has 0 aromatic heterocycles. The Morgan fingerprint density at radius 1 is 1.12 bits per heavy atom. The van der Waals surface area contributed by atoms with Crippen molar-refractivity contribution in [2.75, 3.05) is 13.9 Å². The van der Waals surface area contributed by atoms with E-state index in [2.05, 4.69) is 22.0 Å². The van der Waals surface area contributed by atoms with Crippen LogP contribution in [0.3, 0.4) is 0 Å². The summed E-state index contributed by atoms with van der Waals surface area (Å²) in [5.41, 5.74) is 2.76. The van der Waals surface area contributed by atoms with Gasteiger partial charge in [-0.1, -0.05) is 29.3 Å². The van der Waals surface area contributed by atoms with E-state index in [1.54, 1.807) is 43.5 Å². The minimum Gasteiger partial charge on any atom is -0.493 e. The summed E-state index contributed by atoms with van der Waals surface area (Å²) >= 11 is 15.7. The van der Waals surface area contributed by atoms with Crippen LogP contribution in [0.5, 0.6) is 23.0 Å². The smallest absolute Gasteiger partial charge is 0.231 e. The largest absolute Gasteiger partial charge is 0.493 e. The molecule has 3 aromatic carbocycles. The zero-order chi connectivity index (χ0) is 22.7. The van der Waals surface area contributed by atoms with Gasteiger partial charge in [0.2, 0.25) is 6.79 Å². The molecular formula is C24H16BrCl2NO4. The lowest BCUT2D eigenvalue weighted by Gasteiger charge is -2.14. The molecule has 0 spiro atoms. The van der Waals surface area contributed by atoms with E-state index in [1.807, 2.05) is 18.2 Å². The van der Waals surface area contributed by atoms with E-state index in [0.29, 0.717) is 43.1 Å². The number of fused-ring (bicyclic) bond motifs is 1. The molecule has 1 aliphatic rings. The fourth-order valence-electron chi connectivity index (χ4n) is 3.16. The molecule has 0 atom stereocenters. The zero-order valence-corrected chi connectivity index (χ0v) is 19.9. The second-order valence-electron chi connectivity index (χ2n) is 6.80. The van der Waals surface area contributed by atoms with Crippen molar-refractivity contribution in [3.63, 3.8) is 0 Å². The van der Waals surface area contributed by atoms with Gasteiger partial charge in [-0.25, -0.2) is 0 Å². The number of allylic oxidation sites excluding steroid dienone is 1. The maximum absolute atomic E-state index is 9.72. The Morgan fingerprint density at radius 3 is 2.69 bits per heavy atom. The Bertz CT molecular complexity index is 1250. The third-order valence-corrected chi connectivity index (χ3v) is 5.93. The minimum atomic E-state index is 0.178. The highest BCUT2D eigenvalue weighted by atomic mass is 79.9. The molecule has 0 amide bonds. The summed E-state index contributed by atoms with van der Waals surface area (Å²) in [4.78, 5) is 0. The number of benzene rings is 3. The quantitative estimate of drug-likeness (QED) is 0.249. The molecule has 0 N–H and O–H groups in total. The first-order valence-electron chi connectivity index (χ1n) is 9.44. The van der Waals surface area contributed by atoms with Crippen LogP contribution in [0.1, 0.15) is 16.7 Å².